The highest BCUT2D eigenvalue weighted by Crippen LogP contribution is 2.12. The van der Waals surface area contributed by atoms with Crippen LogP contribution in [0.5, 0.6) is 0 Å². The largest absolute Gasteiger partial charge is 0.135 e. The van der Waals surface area contributed by atoms with Gasteiger partial charge in [0.25, 0.3) is 0 Å². The molecule has 0 bridgehead atoms. The van der Waals surface area contributed by atoms with Gasteiger partial charge in [-0.25, -0.2) is 0 Å². The lowest BCUT2D eigenvalue weighted by atomic mass is 11.2. The quantitative estimate of drug-likeness (QED) is 0.471. The molecule has 0 aliphatic rings. The van der Waals surface area contributed by atoms with Gasteiger partial charge in [0.2, 0.25) is 0 Å². The van der Waals surface area contributed by atoms with Crippen LogP contribution in [-0.2, 0) is 0 Å². The monoisotopic (exact) mass is 102 g/mol. The van der Waals surface area contributed by atoms with Crippen molar-refractivity contribution in [3.8, 4) is 0 Å². The van der Waals surface area contributed by atoms with Gasteiger partial charge in [0.05, 0.1) is 0 Å². The molecule has 0 aromatic carbocycles. The van der Waals surface area contributed by atoms with Crippen LogP contribution in [0.25, 0.3) is 0 Å². The SMILES string of the molecule is c1c[pH]cp1. The molecular formula is C3H4P2. The van der Waals surface area contributed by atoms with Crippen molar-refractivity contribution < 1.29 is 0 Å². The van der Waals surface area contributed by atoms with E-state index < -0.39 is 0 Å². The fraction of sp³-hybridized carbons (Fsp3) is 0. The molecule has 1 unspecified atom stereocenters. The van der Waals surface area contributed by atoms with Gasteiger partial charge < -0.3 is 0 Å². The van der Waals surface area contributed by atoms with Crippen molar-refractivity contribution in [1.29, 1.82) is 0 Å². The van der Waals surface area contributed by atoms with Crippen molar-refractivity contribution in [2.45, 2.75) is 0 Å². The maximum Gasteiger partial charge on any atom is -0.0179 e. The zero-order valence-electron chi connectivity index (χ0n) is 2.68. The highest BCUT2D eigenvalue weighted by atomic mass is 31.1. The molecule has 1 atom stereocenters. The highest BCUT2D eigenvalue weighted by Gasteiger charge is 1.58. The third kappa shape index (κ3) is 0.758. The van der Waals surface area contributed by atoms with E-state index in [2.05, 4.69) is 17.1 Å². The summed E-state index contributed by atoms with van der Waals surface area (Å²) in [6.45, 7) is 0. The van der Waals surface area contributed by atoms with Crippen LogP contribution >= 0.6 is 16.4 Å². The molecule has 1 aromatic rings. The molecule has 0 fully saturated rings. The number of hydrogen-bond donors (Lipinski definition) is 0. The lowest BCUT2D eigenvalue weighted by Gasteiger charge is -1.39. The first-order valence-electron chi connectivity index (χ1n) is 1.43. The summed E-state index contributed by atoms with van der Waals surface area (Å²) in [4.78, 5) is 0. The smallest absolute Gasteiger partial charge is 0.0179 e. The average molecular weight is 102 g/mol. The van der Waals surface area contributed by atoms with Crippen LogP contribution < -0.4 is 0 Å². The van der Waals surface area contributed by atoms with E-state index in [0.717, 1.165) is 8.19 Å². The molecule has 1 rings (SSSR count). The van der Waals surface area contributed by atoms with Crippen LogP contribution in [0, 0.1) is 0 Å². The normalized spacial score (nSPS) is 11.2. The summed E-state index contributed by atoms with van der Waals surface area (Å²) < 4.78 is 0. The Morgan fingerprint density at radius 3 is 2.80 bits per heavy atom. The molecule has 0 N–H and O–H groups in total. The van der Waals surface area contributed by atoms with Crippen LogP contribution in [0.4, 0.5) is 0 Å². The molecule has 0 amide bonds. The predicted octanol–water partition coefficient (Wildman–Crippen LogP) is 2.30. The van der Waals surface area contributed by atoms with Crippen molar-refractivity contribution >= 4 is 16.4 Å². The van der Waals surface area contributed by atoms with Crippen molar-refractivity contribution in [1.82, 2.24) is 0 Å². The van der Waals surface area contributed by atoms with Crippen LogP contribution in [0.15, 0.2) is 17.1 Å². The third-order valence-corrected chi connectivity index (χ3v) is 2.56. The van der Waals surface area contributed by atoms with Gasteiger partial charge in [0.1, 0.15) is 0 Å². The second-order valence-corrected chi connectivity index (χ2v) is 3.06. The Balaban J connectivity index is 3.13. The van der Waals surface area contributed by atoms with E-state index in [1.54, 1.807) is 0 Å². The lowest BCUT2D eigenvalue weighted by Crippen LogP contribution is -1.01. The summed E-state index contributed by atoms with van der Waals surface area (Å²) in [5.74, 6) is 4.36. The first-order chi connectivity index (χ1) is 2.50. The third-order valence-electron chi connectivity index (χ3n) is 0.406. The summed E-state index contributed by atoms with van der Waals surface area (Å²) in [5, 5.41) is 0. The minimum absolute atomic E-state index is 0.991. The van der Waals surface area contributed by atoms with E-state index >= 15 is 0 Å². The molecule has 0 spiro atoms. The summed E-state index contributed by atoms with van der Waals surface area (Å²) in [7, 11) is 2.39. The van der Waals surface area contributed by atoms with E-state index in [0.29, 0.717) is 0 Å². The summed E-state index contributed by atoms with van der Waals surface area (Å²) in [5.41, 5.74) is 2.25. The van der Waals surface area contributed by atoms with Crippen molar-refractivity contribution in [2.24, 2.45) is 0 Å². The van der Waals surface area contributed by atoms with Crippen LogP contribution in [0.1, 0.15) is 0 Å². The maximum absolute atomic E-state index is 2.25. The zero-order chi connectivity index (χ0) is 3.54. The second kappa shape index (κ2) is 1.60. The molecule has 1 aromatic heterocycles. The van der Waals surface area contributed by atoms with Crippen molar-refractivity contribution in [3.05, 3.63) is 17.1 Å². The summed E-state index contributed by atoms with van der Waals surface area (Å²) in [6.07, 6.45) is 0. The first kappa shape index (κ1) is 3.40. The van der Waals surface area contributed by atoms with E-state index in [9.17, 15) is 0 Å². The summed E-state index contributed by atoms with van der Waals surface area (Å²) >= 11 is 0. The lowest BCUT2D eigenvalue weighted by molar-refractivity contribution is 2.39. The van der Waals surface area contributed by atoms with Gasteiger partial charge in [-0.05, 0) is 17.1 Å². The molecule has 1 heterocycles. The Bertz CT molecular complexity index is 61.4. The first-order valence-corrected chi connectivity index (χ1v) is 3.61. The van der Waals surface area contributed by atoms with E-state index in [1.165, 1.54) is 8.19 Å². The van der Waals surface area contributed by atoms with Gasteiger partial charge in [0.15, 0.2) is 0 Å². The summed E-state index contributed by atoms with van der Waals surface area (Å²) in [6, 6.07) is 0. The second-order valence-electron chi connectivity index (χ2n) is 0.761. The fourth-order valence-corrected chi connectivity index (χ4v) is 1.94. The minimum Gasteiger partial charge on any atom is -0.135 e. The van der Waals surface area contributed by atoms with Gasteiger partial charge >= 0.3 is 0 Å². The molecule has 5 heavy (non-hydrogen) atoms. The molecular weight excluding hydrogens is 98.0 g/mol. The van der Waals surface area contributed by atoms with Crippen LogP contribution in [0.3, 0.4) is 0 Å². The molecule has 0 nitrogen and oxygen atoms in total. The Hall–Kier alpha value is 0.210. The molecule has 0 aliphatic carbocycles. The predicted molar refractivity (Wildman–Crippen MR) is 28.5 cm³/mol. The molecule has 2 heteroatoms. The number of hydrogen-bond acceptors (Lipinski definition) is 0. The molecule has 0 aliphatic heterocycles. The highest BCUT2D eigenvalue weighted by molar-refractivity contribution is 7.45. The molecule has 0 saturated carbocycles. The van der Waals surface area contributed by atoms with Gasteiger partial charge in [-0.1, -0.05) is 8.19 Å². The maximum atomic E-state index is 2.25. The Labute approximate surface area is 34.4 Å². The van der Waals surface area contributed by atoms with Gasteiger partial charge in [-0.15, -0.1) is 8.19 Å². The molecule has 0 radical (unpaired) electrons. The minimum atomic E-state index is 0.991. The van der Waals surface area contributed by atoms with E-state index in [4.69, 9.17) is 0 Å². The van der Waals surface area contributed by atoms with E-state index in [-0.39, 0.29) is 0 Å². The van der Waals surface area contributed by atoms with E-state index in [1.807, 2.05) is 0 Å². The van der Waals surface area contributed by atoms with Gasteiger partial charge in [0, 0.05) is 0 Å². The topological polar surface area (TPSA) is 0 Å². The van der Waals surface area contributed by atoms with Gasteiger partial charge in [-0.2, -0.15) is 0 Å². The zero-order valence-corrected chi connectivity index (χ0v) is 4.57. The van der Waals surface area contributed by atoms with Crippen LogP contribution in [-0.4, -0.2) is 0 Å². The molecule has 26 valence electrons. The Morgan fingerprint density at radius 2 is 2.60 bits per heavy atom. The molecule has 0 saturated heterocycles. The van der Waals surface area contributed by atoms with Crippen molar-refractivity contribution in [2.75, 3.05) is 0 Å². The Morgan fingerprint density at radius 1 is 1.60 bits per heavy atom. The number of rotatable bonds is 0. The van der Waals surface area contributed by atoms with Crippen molar-refractivity contribution in [3.63, 3.8) is 0 Å². The fourth-order valence-electron chi connectivity index (χ4n) is 0.215. The standard InChI is InChI=1S/C3H4P2/c1-2-5-3-4-1/h1-4H. The average Bonchev–Trinajstić information content (AvgIpc) is 1.76. The Kier molecular flexibility index (Phi) is 1.09. The van der Waals surface area contributed by atoms with Gasteiger partial charge in [-0.3, -0.25) is 0 Å². The van der Waals surface area contributed by atoms with Crippen LogP contribution in [0.2, 0.25) is 0 Å².